The first-order valence-electron chi connectivity index (χ1n) is 11.6. The Kier molecular flexibility index (Phi) is 7.63. The quantitative estimate of drug-likeness (QED) is 0.340. The van der Waals surface area contributed by atoms with Gasteiger partial charge in [0.1, 0.15) is 0 Å². The van der Waals surface area contributed by atoms with Gasteiger partial charge in [0, 0.05) is 18.2 Å². The van der Waals surface area contributed by atoms with Gasteiger partial charge in [0.25, 0.3) is 5.56 Å². The van der Waals surface area contributed by atoms with E-state index in [1.165, 1.54) is 10.7 Å². The van der Waals surface area contributed by atoms with Crippen molar-refractivity contribution in [3.8, 4) is 11.3 Å². The Morgan fingerprint density at radius 2 is 1.73 bits per heavy atom. The molecule has 37 heavy (non-hydrogen) atoms. The van der Waals surface area contributed by atoms with Crippen molar-refractivity contribution in [1.29, 1.82) is 0 Å². The molecule has 182 valence electrons. The summed E-state index contributed by atoms with van der Waals surface area (Å²) < 4.78 is 3.38. The van der Waals surface area contributed by atoms with Gasteiger partial charge in [-0.1, -0.05) is 42.5 Å². The van der Waals surface area contributed by atoms with E-state index in [9.17, 15) is 14.7 Å². The number of aromatic nitrogens is 4. The molecule has 5 aromatic rings. The zero-order valence-electron chi connectivity index (χ0n) is 19.8. The summed E-state index contributed by atoms with van der Waals surface area (Å²) in [6, 6.07) is 24.1. The SMILES string of the molecule is Cc1cc(=O)n(Cc2cccc(C(=O)O)c2)nc1-c1cccc(CCn2c(N)nc3ccccc32)c1.[LiH]. The Bertz CT molecular complexity index is 1660. The molecule has 9 heteroatoms. The Morgan fingerprint density at radius 3 is 2.54 bits per heavy atom. The van der Waals surface area contributed by atoms with E-state index in [4.69, 9.17) is 5.73 Å². The predicted octanol–water partition coefficient (Wildman–Crippen LogP) is 3.49. The van der Waals surface area contributed by atoms with Crippen molar-refractivity contribution < 1.29 is 9.90 Å². The van der Waals surface area contributed by atoms with Crippen LogP contribution in [0.25, 0.3) is 22.3 Å². The van der Waals surface area contributed by atoms with Crippen molar-refractivity contribution in [3.63, 3.8) is 0 Å². The van der Waals surface area contributed by atoms with E-state index in [1.807, 2.05) is 47.9 Å². The number of imidazole rings is 1. The fraction of sp³-hybridized carbons (Fsp3) is 0.143. The Labute approximate surface area is 225 Å². The van der Waals surface area contributed by atoms with Crippen molar-refractivity contribution >= 4 is 41.8 Å². The third-order valence-corrected chi connectivity index (χ3v) is 6.20. The average molecular weight is 487 g/mol. The van der Waals surface area contributed by atoms with Gasteiger partial charge < -0.3 is 15.4 Å². The van der Waals surface area contributed by atoms with Crippen LogP contribution >= 0.6 is 0 Å². The number of aryl methyl sites for hydroxylation is 3. The van der Waals surface area contributed by atoms with E-state index in [-0.39, 0.29) is 36.5 Å². The first-order chi connectivity index (χ1) is 17.4. The molecule has 0 atom stereocenters. The second-order valence-electron chi connectivity index (χ2n) is 8.74. The van der Waals surface area contributed by atoms with E-state index >= 15 is 0 Å². The Hall–Kier alpha value is -4.12. The number of hydrogen-bond donors (Lipinski definition) is 2. The van der Waals surface area contributed by atoms with Gasteiger partial charge in [0.05, 0.1) is 28.8 Å². The fourth-order valence-electron chi connectivity index (χ4n) is 4.40. The van der Waals surface area contributed by atoms with Crippen molar-refractivity contribution in [2.75, 3.05) is 5.73 Å². The summed E-state index contributed by atoms with van der Waals surface area (Å²) in [5.41, 5.74) is 12.2. The maximum atomic E-state index is 12.7. The molecule has 8 nitrogen and oxygen atoms in total. The van der Waals surface area contributed by atoms with Crippen LogP contribution in [0.4, 0.5) is 5.95 Å². The fourth-order valence-corrected chi connectivity index (χ4v) is 4.40. The molecule has 0 fully saturated rings. The minimum absolute atomic E-state index is 0. The molecule has 0 aliphatic heterocycles. The number of carboxylic acid groups (broad SMARTS) is 1. The minimum atomic E-state index is -1.01. The molecule has 0 bridgehead atoms. The first-order valence-corrected chi connectivity index (χ1v) is 11.6. The Balaban J connectivity index is 0.00000320. The molecular formula is C28H26LiN5O3. The van der Waals surface area contributed by atoms with Crippen LogP contribution in [0.3, 0.4) is 0 Å². The molecule has 3 aromatic carbocycles. The number of anilines is 1. The second-order valence-corrected chi connectivity index (χ2v) is 8.74. The monoisotopic (exact) mass is 487 g/mol. The van der Waals surface area contributed by atoms with Crippen molar-refractivity contribution in [2.45, 2.75) is 26.4 Å². The number of aromatic carboxylic acids is 1. The summed E-state index contributed by atoms with van der Waals surface area (Å²) in [5.74, 6) is -0.520. The third kappa shape index (κ3) is 5.51. The zero-order chi connectivity index (χ0) is 25.2. The van der Waals surface area contributed by atoms with Crippen LogP contribution in [0, 0.1) is 6.92 Å². The molecule has 0 aliphatic rings. The molecule has 0 spiro atoms. The molecule has 2 heterocycles. The molecule has 0 amide bonds. The molecule has 0 radical (unpaired) electrons. The third-order valence-electron chi connectivity index (χ3n) is 6.20. The van der Waals surface area contributed by atoms with E-state index in [2.05, 4.69) is 22.2 Å². The number of nitrogens with zero attached hydrogens (tertiary/aromatic N) is 4. The maximum absolute atomic E-state index is 12.7. The number of carbonyl (C=O) groups is 1. The normalized spacial score (nSPS) is 10.8. The number of rotatable bonds is 7. The van der Waals surface area contributed by atoms with Gasteiger partial charge in [-0.25, -0.2) is 14.5 Å². The van der Waals surface area contributed by atoms with Gasteiger partial charge >= 0.3 is 24.8 Å². The molecule has 5 rings (SSSR count). The zero-order valence-corrected chi connectivity index (χ0v) is 19.8. The van der Waals surface area contributed by atoms with Gasteiger partial charge in [-0.2, -0.15) is 5.10 Å². The van der Waals surface area contributed by atoms with Gasteiger partial charge in [0.2, 0.25) is 5.95 Å². The molecule has 0 saturated carbocycles. The van der Waals surface area contributed by atoms with Crippen LogP contribution in [0.5, 0.6) is 0 Å². The van der Waals surface area contributed by atoms with Crippen molar-refractivity contribution in [1.82, 2.24) is 19.3 Å². The van der Waals surface area contributed by atoms with E-state index < -0.39 is 5.97 Å². The predicted molar refractivity (Wildman–Crippen MR) is 146 cm³/mol. The molecule has 3 N–H and O–H groups in total. The van der Waals surface area contributed by atoms with Crippen molar-refractivity contribution in [3.05, 3.63) is 111 Å². The number of hydrogen-bond acceptors (Lipinski definition) is 5. The van der Waals surface area contributed by atoms with Gasteiger partial charge in [-0.15, -0.1) is 0 Å². The number of fused-ring (bicyclic) bond motifs is 1. The van der Waals surface area contributed by atoms with Gasteiger partial charge in [-0.05, 0) is 60.4 Å². The van der Waals surface area contributed by atoms with E-state index in [1.54, 1.807) is 24.3 Å². The van der Waals surface area contributed by atoms with Crippen LogP contribution in [-0.4, -0.2) is 49.3 Å². The molecule has 2 aromatic heterocycles. The number of benzene rings is 3. The van der Waals surface area contributed by atoms with Crippen LogP contribution < -0.4 is 11.3 Å². The number of nitrogens with two attached hydrogens (primary N) is 1. The Morgan fingerprint density at radius 1 is 0.973 bits per heavy atom. The summed E-state index contributed by atoms with van der Waals surface area (Å²) in [7, 11) is 0. The molecule has 0 aliphatic carbocycles. The summed E-state index contributed by atoms with van der Waals surface area (Å²) >= 11 is 0. The summed E-state index contributed by atoms with van der Waals surface area (Å²) in [6.45, 7) is 2.73. The number of para-hydroxylation sites is 2. The number of nitrogen functional groups attached to an aromatic ring is 1. The molecule has 0 saturated heterocycles. The molecular weight excluding hydrogens is 461 g/mol. The standard InChI is InChI=1S/C28H25N5O3.Li.H/c1-18-14-25(34)33(17-20-7-5-9-22(16-20)27(35)36)31-26(18)21-8-4-6-19(15-21)12-13-32-24-11-3-2-10-23(24)30-28(32)29;;/h2-11,14-16H,12-13,17H2,1H3,(H2,29,30)(H,35,36);;. The van der Waals surface area contributed by atoms with Gasteiger partial charge in [-0.3, -0.25) is 4.79 Å². The van der Waals surface area contributed by atoms with E-state index in [0.717, 1.165) is 34.1 Å². The van der Waals surface area contributed by atoms with E-state index in [0.29, 0.717) is 23.8 Å². The second kappa shape index (κ2) is 10.9. The molecule has 0 unspecified atom stereocenters. The summed E-state index contributed by atoms with van der Waals surface area (Å²) in [6.07, 6.45) is 0.749. The van der Waals surface area contributed by atoms with Crippen LogP contribution in [0.2, 0.25) is 0 Å². The number of carboxylic acids is 1. The van der Waals surface area contributed by atoms with Crippen LogP contribution in [0.15, 0.2) is 83.7 Å². The van der Waals surface area contributed by atoms with Gasteiger partial charge in [0.15, 0.2) is 0 Å². The topological polar surface area (TPSA) is 116 Å². The van der Waals surface area contributed by atoms with Crippen LogP contribution in [0.1, 0.15) is 27.0 Å². The van der Waals surface area contributed by atoms with Crippen LogP contribution in [-0.2, 0) is 19.5 Å². The first kappa shape index (κ1) is 26.0. The summed E-state index contributed by atoms with van der Waals surface area (Å²) in [5, 5.41) is 13.9. The average Bonchev–Trinajstić information content (AvgIpc) is 3.19. The summed E-state index contributed by atoms with van der Waals surface area (Å²) in [4.78, 5) is 28.4. The van der Waals surface area contributed by atoms with Crippen molar-refractivity contribution in [2.24, 2.45) is 0 Å².